The Kier molecular flexibility index (Phi) is 5.35. The minimum Gasteiger partial charge on any atom is -0.372 e. The molecule has 3 rings (SSSR count). The fraction of sp³-hybridized carbons (Fsp3) is 0.562. The number of carbonyl (C=O) groups excluding carboxylic acids is 1. The van der Waals surface area contributed by atoms with E-state index in [0.29, 0.717) is 13.2 Å². The zero-order valence-corrected chi connectivity index (χ0v) is 13.6. The van der Waals surface area contributed by atoms with Crippen molar-refractivity contribution >= 4 is 17.6 Å². The summed E-state index contributed by atoms with van der Waals surface area (Å²) in [6.45, 7) is 4.06. The molecular formula is C16H21ClFN3O2. The molecule has 2 aliphatic rings. The Hall–Kier alpha value is -1.37. The lowest BCUT2D eigenvalue weighted by atomic mass is 9.94. The third kappa shape index (κ3) is 3.94. The summed E-state index contributed by atoms with van der Waals surface area (Å²) < 4.78 is 19.7. The lowest BCUT2D eigenvalue weighted by molar-refractivity contribution is 0.0209. The summed E-state index contributed by atoms with van der Waals surface area (Å²) in [7, 11) is 0. The normalized spacial score (nSPS) is 25.8. The number of hydrogen-bond donors (Lipinski definition) is 2. The number of nitrogens with one attached hydrogen (secondary N) is 2. The van der Waals surface area contributed by atoms with Gasteiger partial charge in [-0.3, -0.25) is 0 Å². The van der Waals surface area contributed by atoms with Crippen LogP contribution < -0.4 is 10.6 Å². The van der Waals surface area contributed by atoms with Gasteiger partial charge in [0.05, 0.1) is 17.7 Å². The molecule has 0 bridgehead atoms. The molecule has 0 saturated carbocycles. The van der Waals surface area contributed by atoms with Crippen LogP contribution in [-0.2, 0) is 4.74 Å². The molecule has 2 N–H and O–H groups in total. The van der Waals surface area contributed by atoms with Crippen LogP contribution in [0.3, 0.4) is 0 Å². The number of ether oxygens (including phenoxy) is 1. The van der Waals surface area contributed by atoms with Crippen LogP contribution in [0.5, 0.6) is 0 Å². The number of nitrogens with zero attached hydrogens (tertiary/aromatic N) is 1. The van der Waals surface area contributed by atoms with E-state index in [9.17, 15) is 9.18 Å². The SMILES string of the molecule is O=C1NCCCN1CC1CNCCOC1c1ccc(Cl)c(F)c1. The standard InChI is InChI=1S/C16H21ClFN3O2/c17-13-3-2-11(8-14(13)18)15-12(9-19-5-7-23-15)10-21-6-1-4-20-16(21)22/h2-3,8,12,15,19H,1,4-7,9-10H2,(H,20,22). The van der Waals surface area contributed by atoms with Gasteiger partial charge in [0.15, 0.2) is 0 Å². The first-order valence-electron chi connectivity index (χ1n) is 7.95. The molecule has 126 valence electrons. The molecule has 1 aromatic carbocycles. The van der Waals surface area contributed by atoms with Crippen LogP contribution in [0.4, 0.5) is 9.18 Å². The van der Waals surface area contributed by atoms with E-state index in [1.807, 2.05) is 4.90 Å². The summed E-state index contributed by atoms with van der Waals surface area (Å²) >= 11 is 5.77. The lowest BCUT2D eigenvalue weighted by Crippen LogP contribution is -2.49. The van der Waals surface area contributed by atoms with Gasteiger partial charge in [0.25, 0.3) is 0 Å². The fourth-order valence-electron chi connectivity index (χ4n) is 3.14. The van der Waals surface area contributed by atoms with E-state index in [4.69, 9.17) is 16.3 Å². The van der Waals surface area contributed by atoms with Crippen LogP contribution in [0.15, 0.2) is 18.2 Å². The quantitative estimate of drug-likeness (QED) is 0.886. The van der Waals surface area contributed by atoms with Crippen LogP contribution in [0.2, 0.25) is 5.02 Å². The van der Waals surface area contributed by atoms with Crippen LogP contribution >= 0.6 is 11.6 Å². The van der Waals surface area contributed by atoms with E-state index in [1.165, 1.54) is 6.07 Å². The van der Waals surface area contributed by atoms with Crippen molar-refractivity contribution in [1.82, 2.24) is 15.5 Å². The van der Waals surface area contributed by atoms with Crippen molar-refractivity contribution < 1.29 is 13.9 Å². The van der Waals surface area contributed by atoms with Crippen LogP contribution in [0.1, 0.15) is 18.1 Å². The number of hydrogen-bond acceptors (Lipinski definition) is 3. The Balaban J connectivity index is 1.79. The number of rotatable bonds is 3. The molecule has 2 saturated heterocycles. The molecule has 0 spiro atoms. The van der Waals surface area contributed by atoms with E-state index >= 15 is 0 Å². The first-order chi connectivity index (χ1) is 11.1. The minimum atomic E-state index is -0.445. The van der Waals surface area contributed by atoms with Crippen molar-refractivity contribution in [3.63, 3.8) is 0 Å². The summed E-state index contributed by atoms with van der Waals surface area (Å²) in [6, 6.07) is 4.74. The highest BCUT2D eigenvalue weighted by molar-refractivity contribution is 6.30. The second-order valence-corrected chi connectivity index (χ2v) is 6.37. The van der Waals surface area contributed by atoms with Gasteiger partial charge in [0.1, 0.15) is 5.82 Å². The molecule has 23 heavy (non-hydrogen) atoms. The zero-order valence-electron chi connectivity index (χ0n) is 12.9. The van der Waals surface area contributed by atoms with Crippen LogP contribution in [0, 0.1) is 11.7 Å². The van der Waals surface area contributed by atoms with Gasteiger partial charge in [-0.05, 0) is 24.1 Å². The topological polar surface area (TPSA) is 53.6 Å². The number of benzene rings is 1. The smallest absolute Gasteiger partial charge is 0.317 e. The molecule has 0 aliphatic carbocycles. The monoisotopic (exact) mass is 341 g/mol. The predicted molar refractivity (Wildman–Crippen MR) is 86.1 cm³/mol. The molecule has 2 atom stereocenters. The Bertz CT molecular complexity index is 572. The fourth-order valence-corrected chi connectivity index (χ4v) is 3.26. The molecule has 0 aromatic heterocycles. The molecule has 2 aliphatic heterocycles. The van der Waals surface area contributed by atoms with Crippen molar-refractivity contribution in [2.75, 3.05) is 39.3 Å². The summed E-state index contributed by atoms with van der Waals surface area (Å²) in [5.74, 6) is -0.388. The first-order valence-corrected chi connectivity index (χ1v) is 8.33. The van der Waals surface area contributed by atoms with E-state index < -0.39 is 5.82 Å². The van der Waals surface area contributed by atoms with Crippen molar-refractivity contribution in [2.45, 2.75) is 12.5 Å². The number of halogens is 2. The average Bonchev–Trinajstić information content (AvgIpc) is 2.78. The van der Waals surface area contributed by atoms with Crippen molar-refractivity contribution in [3.05, 3.63) is 34.6 Å². The number of urea groups is 1. The lowest BCUT2D eigenvalue weighted by Gasteiger charge is -2.33. The Morgan fingerprint density at radius 2 is 2.26 bits per heavy atom. The predicted octanol–water partition coefficient (Wildman–Crippen LogP) is 2.17. The van der Waals surface area contributed by atoms with Crippen LogP contribution in [-0.4, -0.2) is 50.3 Å². The van der Waals surface area contributed by atoms with Gasteiger partial charge in [-0.2, -0.15) is 0 Å². The maximum Gasteiger partial charge on any atom is 0.317 e. The second-order valence-electron chi connectivity index (χ2n) is 5.96. The molecule has 5 nitrogen and oxygen atoms in total. The maximum absolute atomic E-state index is 13.8. The highest BCUT2D eigenvalue weighted by Crippen LogP contribution is 2.30. The van der Waals surface area contributed by atoms with Crippen molar-refractivity contribution in [2.24, 2.45) is 5.92 Å². The minimum absolute atomic E-state index is 0.0402. The zero-order chi connectivity index (χ0) is 16.2. The van der Waals surface area contributed by atoms with E-state index in [0.717, 1.165) is 38.2 Å². The van der Waals surface area contributed by atoms with Gasteiger partial charge in [-0.1, -0.05) is 17.7 Å². The molecule has 1 aromatic rings. The van der Waals surface area contributed by atoms with Crippen molar-refractivity contribution in [3.8, 4) is 0 Å². The Morgan fingerprint density at radius 3 is 3.04 bits per heavy atom. The van der Waals surface area contributed by atoms with Gasteiger partial charge < -0.3 is 20.3 Å². The molecule has 2 unspecified atom stereocenters. The molecule has 0 radical (unpaired) electrons. The van der Waals surface area contributed by atoms with Gasteiger partial charge in [-0.15, -0.1) is 0 Å². The van der Waals surface area contributed by atoms with Crippen LogP contribution in [0.25, 0.3) is 0 Å². The molecule has 2 heterocycles. The highest BCUT2D eigenvalue weighted by atomic mass is 35.5. The van der Waals surface area contributed by atoms with E-state index in [2.05, 4.69) is 10.6 Å². The van der Waals surface area contributed by atoms with Gasteiger partial charge in [0, 0.05) is 38.6 Å². The van der Waals surface area contributed by atoms with Crippen molar-refractivity contribution in [1.29, 1.82) is 0 Å². The highest BCUT2D eigenvalue weighted by Gasteiger charge is 2.30. The third-order valence-electron chi connectivity index (χ3n) is 4.31. The Labute approximate surface area is 140 Å². The number of carbonyl (C=O) groups is 1. The molecule has 2 amide bonds. The second kappa shape index (κ2) is 7.47. The average molecular weight is 342 g/mol. The number of amides is 2. The Morgan fingerprint density at radius 1 is 1.39 bits per heavy atom. The van der Waals surface area contributed by atoms with Gasteiger partial charge >= 0.3 is 6.03 Å². The molecular weight excluding hydrogens is 321 g/mol. The van der Waals surface area contributed by atoms with Gasteiger partial charge in [0.2, 0.25) is 0 Å². The summed E-state index contributed by atoms with van der Waals surface area (Å²) in [5, 5.41) is 6.29. The summed E-state index contributed by atoms with van der Waals surface area (Å²) in [6.07, 6.45) is 0.680. The van der Waals surface area contributed by atoms with E-state index in [-0.39, 0.29) is 23.1 Å². The molecule has 2 fully saturated rings. The summed E-state index contributed by atoms with van der Waals surface area (Å²) in [5.41, 5.74) is 0.762. The largest absolute Gasteiger partial charge is 0.372 e. The maximum atomic E-state index is 13.8. The van der Waals surface area contributed by atoms with E-state index in [1.54, 1.807) is 12.1 Å². The molecule has 7 heteroatoms. The van der Waals surface area contributed by atoms with Gasteiger partial charge in [-0.25, -0.2) is 9.18 Å². The third-order valence-corrected chi connectivity index (χ3v) is 4.61. The summed E-state index contributed by atoms with van der Waals surface area (Å²) in [4.78, 5) is 13.8. The first kappa shape index (κ1) is 16.5.